The minimum Gasteiger partial charge on any atom is -0.483 e. The van der Waals surface area contributed by atoms with Gasteiger partial charge in [-0.15, -0.1) is 0 Å². The standard InChI is InChI=1S/C27H31FN4O4S/c1-20-7-5-12-25(20)36-26-24(18-29-32(27(26)33)23-11-6-10-22(28)17-23)30-13-15-31(16-14-30)37(34,35)19-21-8-3-2-4-9-21/h2-4,6,8-11,17-18,20,25H,5,7,12-16,19H2,1H3/t20-,25-/m1/s1. The van der Waals surface area contributed by atoms with Crippen LogP contribution in [0, 0.1) is 11.7 Å². The number of aromatic nitrogens is 2. The first kappa shape index (κ1) is 25.4. The molecule has 8 nitrogen and oxygen atoms in total. The molecule has 196 valence electrons. The molecule has 1 aromatic heterocycles. The second kappa shape index (κ2) is 10.6. The van der Waals surface area contributed by atoms with E-state index in [1.165, 1.54) is 22.5 Å². The Labute approximate surface area is 216 Å². The van der Waals surface area contributed by atoms with E-state index in [0.717, 1.165) is 29.5 Å². The molecule has 3 aromatic rings. The average Bonchev–Trinajstić information content (AvgIpc) is 3.30. The van der Waals surface area contributed by atoms with Gasteiger partial charge in [-0.05, 0) is 48.9 Å². The molecule has 1 aliphatic heterocycles. The van der Waals surface area contributed by atoms with Gasteiger partial charge in [0.15, 0.2) is 0 Å². The Balaban J connectivity index is 1.40. The van der Waals surface area contributed by atoms with Gasteiger partial charge in [-0.1, -0.05) is 43.3 Å². The van der Waals surface area contributed by atoms with Crippen LogP contribution in [-0.4, -0.2) is 54.8 Å². The van der Waals surface area contributed by atoms with E-state index in [1.807, 2.05) is 23.1 Å². The second-order valence-electron chi connectivity index (χ2n) is 9.75. The summed E-state index contributed by atoms with van der Waals surface area (Å²) in [5.74, 6) is -0.0240. The molecule has 0 spiro atoms. The van der Waals surface area contributed by atoms with E-state index in [4.69, 9.17) is 4.74 Å². The first-order valence-corrected chi connectivity index (χ1v) is 14.2. The largest absolute Gasteiger partial charge is 0.483 e. The van der Waals surface area contributed by atoms with Crippen LogP contribution in [0.25, 0.3) is 5.69 Å². The summed E-state index contributed by atoms with van der Waals surface area (Å²) in [6, 6.07) is 14.8. The molecule has 0 radical (unpaired) electrons. The number of rotatable bonds is 7. The SMILES string of the molecule is C[C@@H]1CCC[C@H]1Oc1c(N2CCN(S(=O)(=O)Cc3ccccc3)CC2)cnn(-c2cccc(F)c2)c1=O. The smallest absolute Gasteiger partial charge is 0.316 e. The zero-order valence-electron chi connectivity index (χ0n) is 20.8. The number of anilines is 1. The van der Waals surface area contributed by atoms with Crippen molar-refractivity contribution in [3.8, 4) is 11.4 Å². The summed E-state index contributed by atoms with van der Waals surface area (Å²) in [5.41, 5.74) is 1.15. The van der Waals surface area contributed by atoms with Gasteiger partial charge in [0.05, 0.1) is 17.6 Å². The molecule has 1 saturated carbocycles. The van der Waals surface area contributed by atoms with E-state index in [-0.39, 0.29) is 17.6 Å². The fourth-order valence-corrected chi connectivity index (χ4v) is 6.59. The van der Waals surface area contributed by atoms with Gasteiger partial charge in [-0.25, -0.2) is 12.8 Å². The maximum atomic E-state index is 13.9. The predicted octanol–water partition coefficient (Wildman–Crippen LogP) is 3.59. The Bertz CT molecular complexity index is 1410. The molecule has 1 aliphatic carbocycles. The Morgan fingerprint density at radius 3 is 2.46 bits per heavy atom. The number of halogens is 1. The van der Waals surface area contributed by atoms with Crippen molar-refractivity contribution >= 4 is 15.7 Å². The molecule has 2 heterocycles. The van der Waals surface area contributed by atoms with E-state index in [0.29, 0.717) is 43.5 Å². The van der Waals surface area contributed by atoms with Gasteiger partial charge < -0.3 is 9.64 Å². The van der Waals surface area contributed by atoms with E-state index < -0.39 is 21.4 Å². The molecule has 0 bridgehead atoms. The summed E-state index contributed by atoms with van der Waals surface area (Å²) in [6.07, 6.45) is 4.38. The Morgan fingerprint density at radius 1 is 1.03 bits per heavy atom. The number of nitrogens with zero attached hydrogens (tertiary/aromatic N) is 4. The lowest BCUT2D eigenvalue weighted by atomic mass is 10.1. The highest BCUT2D eigenvalue weighted by atomic mass is 32.2. The molecule has 1 saturated heterocycles. The van der Waals surface area contributed by atoms with Crippen LogP contribution in [0.1, 0.15) is 31.7 Å². The summed E-state index contributed by atoms with van der Waals surface area (Å²) < 4.78 is 48.9. The quantitative estimate of drug-likeness (QED) is 0.468. The molecule has 2 atom stereocenters. The summed E-state index contributed by atoms with van der Waals surface area (Å²) in [5, 5.41) is 4.33. The molecule has 2 aromatic carbocycles. The van der Waals surface area contributed by atoms with Gasteiger partial charge >= 0.3 is 5.56 Å². The van der Waals surface area contributed by atoms with Gasteiger partial charge in [-0.2, -0.15) is 14.1 Å². The highest BCUT2D eigenvalue weighted by Gasteiger charge is 2.32. The van der Waals surface area contributed by atoms with Gasteiger partial charge in [-0.3, -0.25) is 4.79 Å². The third kappa shape index (κ3) is 5.55. The van der Waals surface area contributed by atoms with Crippen LogP contribution in [0.2, 0.25) is 0 Å². The summed E-state index contributed by atoms with van der Waals surface area (Å²) in [4.78, 5) is 15.5. The van der Waals surface area contributed by atoms with Gasteiger partial charge in [0.2, 0.25) is 15.8 Å². The van der Waals surface area contributed by atoms with Crippen LogP contribution < -0.4 is 15.2 Å². The van der Waals surface area contributed by atoms with E-state index in [1.54, 1.807) is 24.4 Å². The normalized spacial score (nSPS) is 20.8. The molecular formula is C27H31FN4O4S. The van der Waals surface area contributed by atoms with E-state index in [9.17, 15) is 17.6 Å². The highest BCUT2D eigenvalue weighted by Crippen LogP contribution is 2.33. The van der Waals surface area contributed by atoms with Crippen LogP contribution in [-0.2, 0) is 15.8 Å². The third-order valence-corrected chi connectivity index (χ3v) is 9.03. The van der Waals surface area contributed by atoms with Crippen molar-refractivity contribution in [1.29, 1.82) is 0 Å². The Morgan fingerprint density at radius 2 is 1.78 bits per heavy atom. The number of benzene rings is 2. The van der Waals surface area contributed by atoms with Crippen molar-refractivity contribution < 1.29 is 17.5 Å². The maximum Gasteiger partial charge on any atom is 0.316 e. The van der Waals surface area contributed by atoms with Crippen LogP contribution in [0.5, 0.6) is 5.75 Å². The van der Waals surface area contributed by atoms with Crippen molar-refractivity contribution in [2.45, 2.75) is 38.0 Å². The summed E-state index contributed by atoms with van der Waals surface area (Å²) in [6.45, 7) is 3.49. The van der Waals surface area contributed by atoms with Crippen LogP contribution in [0.15, 0.2) is 65.6 Å². The van der Waals surface area contributed by atoms with E-state index >= 15 is 0 Å². The fraction of sp³-hybridized carbons (Fsp3) is 0.407. The first-order chi connectivity index (χ1) is 17.8. The molecule has 2 fully saturated rings. The van der Waals surface area contributed by atoms with Gasteiger partial charge in [0, 0.05) is 26.2 Å². The second-order valence-corrected chi connectivity index (χ2v) is 11.7. The summed E-state index contributed by atoms with van der Waals surface area (Å²) >= 11 is 0. The molecule has 10 heteroatoms. The van der Waals surface area contributed by atoms with Crippen LogP contribution in [0.4, 0.5) is 10.1 Å². The maximum absolute atomic E-state index is 13.9. The zero-order valence-corrected chi connectivity index (χ0v) is 21.6. The van der Waals surface area contributed by atoms with Crippen molar-refractivity contribution in [3.63, 3.8) is 0 Å². The van der Waals surface area contributed by atoms with Crippen molar-refractivity contribution in [2.24, 2.45) is 5.92 Å². The predicted molar refractivity (Wildman–Crippen MR) is 140 cm³/mol. The minimum atomic E-state index is -3.47. The average molecular weight is 527 g/mol. The molecular weight excluding hydrogens is 495 g/mol. The highest BCUT2D eigenvalue weighted by molar-refractivity contribution is 7.88. The van der Waals surface area contributed by atoms with Gasteiger partial charge in [0.1, 0.15) is 17.6 Å². The van der Waals surface area contributed by atoms with Crippen LogP contribution >= 0.6 is 0 Å². The number of ether oxygens (including phenoxy) is 1. The lowest BCUT2D eigenvalue weighted by Crippen LogP contribution is -2.49. The summed E-state index contributed by atoms with van der Waals surface area (Å²) in [7, 11) is -3.47. The molecule has 0 amide bonds. The molecule has 0 N–H and O–H groups in total. The zero-order chi connectivity index (χ0) is 26.0. The fourth-order valence-electron chi connectivity index (χ4n) is 5.08. The van der Waals surface area contributed by atoms with E-state index in [2.05, 4.69) is 12.0 Å². The Hall–Kier alpha value is -3.24. The molecule has 37 heavy (non-hydrogen) atoms. The van der Waals surface area contributed by atoms with Crippen molar-refractivity contribution in [3.05, 3.63) is 82.5 Å². The third-order valence-electron chi connectivity index (χ3n) is 7.18. The molecule has 2 aliphatic rings. The molecule has 0 unspecified atom stereocenters. The topological polar surface area (TPSA) is 84.7 Å². The monoisotopic (exact) mass is 526 g/mol. The lowest BCUT2D eigenvalue weighted by Gasteiger charge is -2.36. The number of hydrogen-bond donors (Lipinski definition) is 0. The van der Waals surface area contributed by atoms with Crippen LogP contribution in [0.3, 0.4) is 0 Å². The number of hydrogen-bond acceptors (Lipinski definition) is 6. The van der Waals surface area contributed by atoms with Gasteiger partial charge in [0.25, 0.3) is 0 Å². The van der Waals surface area contributed by atoms with Crippen molar-refractivity contribution in [2.75, 3.05) is 31.1 Å². The van der Waals surface area contributed by atoms with Crippen molar-refractivity contribution in [1.82, 2.24) is 14.1 Å². The number of piperazine rings is 1. The first-order valence-electron chi connectivity index (χ1n) is 12.6. The lowest BCUT2D eigenvalue weighted by molar-refractivity contribution is 0.164. The number of sulfonamides is 1. The molecule has 5 rings (SSSR count). The Kier molecular flexibility index (Phi) is 7.30. The minimum absolute atomic E-state index is 0.0486.